The van der Waals surface area contributed by atoms with Crippen molar-refractivity contribution in [2.75, 3.05) is 11.9 Å². The van der Waals surface area contributed by atoms with E-state index in [0.29, 0.717) is 0 Å². The summed E-state index contributed by atoms with van der Waals surface area (Å²) in [4.78, 5) is 4.32. The molecular formula is C13H20N2O. The van der Waals surface area contributed by atoms with Gasteiger partial charge in [0, 0.05) is 18.3 Å². The Labute approximate surface area is 96.9 Å². The second kappa shape index (κ2) is 4.83. The number of nitrogens with zero attached hydrogens (tertiary/aromatic N) is 1. The third kappa shape index (κ3) is 2.19. The van der Waals surface area contributed by atoms with Crippen LogP contribution in [0.1, 0.15) is 44.6 Å². The summed E-state index contributed by atoms with van der Waals surface area (Å²) >= 11 is 0. The SMILES string of the molecule is CCNc1ncccc1C1(O)CCCCC1. The first-order valence-electron chi connectivity index (χ1n) is 6.18. The van der Waals surface area contributed by atoms with Gasteiger partial charge in [0.05, 0.1) is 5.60 Å². The molecule has 0 amide bonds. The van der Waals surface area contributed by atoms with Gasteiger partial charge in [0.25, 0.3) is 0 Å². The highest BCUT2D eigenvalue weighted by Gasteiger charge is 2.33. The van der Waals surface area contributed by atoms with E-state index >= 15 is 0 Å². The number of pyridine rings is 1. The Kier molecular flexibility index (Phi) is 3.44. The fourth-order valence-electron chi connectivity index (χ4n) is 2.50. The van der Waals surface area contributed by atoms with Gasteiger partial charge in [-0.3, -0.25) is 0 Å². The maximum Gasteiger partial charge on any atom is 0.132 e. The van der Waals surface area contributed by atoms with Crippen LogP contribution in [-0.2, 0) is 5.60 Å². The average molecular weight is 220 g/mol. The lowest BCUT2D eigenvalue weighted by Gasteiger charge is -2.33. The molecule has 1 saturated carbocycles. The van der Waals surface area contributed by atoms with Gasteiger partial charge < -0.3 is 10.4 Å². The Morgan fingerprint density at radius 2 is 2.12 bits per heavy atom. The standard InChI is InChI=1S/C13H20N2O/c1-2-14-12-11(7-6-10-15-12)13(16)8-4-3-5-9-13/h6-7,10,16H,2-5,8-9H2,1H3,(H,14,15). The van der Waals surface area contributed by atoms with Crippen molar-refractivity contribution >= 4 is 5.82 Å². The average Bonchev–Trinajstić information content (AvgIpc) is 2.31. The molecule has 88 valence electrons. The molecule has 0 saturated heterocycles. The van der Waals surface area contributed by atoms with E-state index in [4.69, 9.17) is 0 Å². The topological polar surface area (TPSA) is 45.2 Å². The predicted molar refractivity (Wildman–Crippen MR) is 65.4 cm³/mol. The molecule has 0 aromatic carbocycles. The molecule has 1 fully saturated rings. The molecule has 0 spiro atoms. The van der Waals surface area contributed by atoms with E-state index in [1.807, 2.05) is 19.1 Å². The number of aliphatic hydroxyl groups is 1. The van der Waals surface area contributed by atoms with E-state index in [9.17, 15) is 5.11 Å². The van der Waals surface area contributed by atoms with Gasteiger partial charge in [0.2, 0.25) is 0 Å². The summed E-state index contributed by atoms with van der Waals surface area (Å²) in [5.74, 6) is 0.842. The zero-order chi connectivity index (χ0) is 11.4. The van der Waals surface area contributed by atoms with Crippen molar-refractivity contribution in [1.82, 2.24) is 4.98 Å². The van der Waals surface area contributed by atoms with Gasteiger partial charge in [-0.05, 0) is 25.8 Å². The van der Waals surface area contributed by atoms with Gasteiger partial charge in [-0.2, -0.15) is 0 Å². The monoisotopic (exact) mass is 220 g/mol. The fraction of sp³-hybridized carbons (Fsp3) is 0.615. The number of rotatable bonds is 3. The summed E-state index contributed by atoms with van der Waals surface area (Å²) in [5.41, 5.74) is 0.306. The maximum atomic E-state index is 10.7. The minimum absolute atomic E-state index is 0.663. The fourth-order valence-corrected chi connectivity index (χ4v) is 2.50. The summed E-state index contributed by atoms with van der Waals surface area (Å²) < 4.78 is 0. The van der Waals surface area contributed by atoms with Crippen LogP contribution in [0.25, 0.3) is 0 Å². The van der Waals surface area contributed by atoms with Gasteiger partial charge in [-0.25, -0.2) is 4.98 Å². The van der Waals surface area contributed by atoms with E-state index in [0.717, 1.165) is 43.6 Å². The van der Waals surface area contributed by atoms with Crippen LogP contribution in [-0.4, -0.2) is 16.6 Å². The number of hydrogen-bond acceptors (Lipinski definition) is 3. The lowest BCUT2D eigenvalue weighted by Crippen LogP contribution is -2.29. The van der Waals surface area contributed by atoms with Crippen LogP contribution in [0.15, 0.2) is 18.3 Å². The lowest BCUT2D eigenvalue weighted by atomic mass is 9.80. The minimum Gasteiger partial charge on any atom is -0.385 e. The van der Waals surface area contributed by atoms with Crippen LogP contribution < -0.4 is 5.32 Å². The number of nitrogens with one attached hydrogen (secondary N) is 1. The Morgan fingerprint density at radius 1 is 1.38 bits per heavy atom. The highest BCUT2D eigenvalue weighted by atomic mass is 16.3. The molecule has 1 aromatic heterocycles. The second-order valence-corrected chi connectivity index (χ2v) is 4.52. The van der Waals surface area contributed by atoms with Gasteiger partial charge in [0.1, 0.15) is 5.82 Å². The first kappa shape index (κ1) is 11.4. The number of hydrogen-bond donors (Lipinski definition) is 2. The minimum atomic E-state index is -0.663. The summed E-state index contributed by atoms with van der Waals surface area (Å²) in [6.07, 6.45) is 6.94. The summed E-state index contributed by atoms with van der Waals surface area (Å²) in [5, 5.41) is 13.9. The van der Waals surface area contributed by atoms with E-state index in [1.165, 1.54) is 6.42 Å². The molecule has 3 nitrogen and oxygen atoms in total. The van der Waals surface area contributed by atoms with Gasteiger partial charge >= 0.3 is 0 Å². The highest BCUT2D eigenvalue weighted by Crippen LogP contribution is 2.39. The molecule has 1 aromatic rings. The van der Waals surface area contributed by atoms with Crippen LogP contribution in [0.5, 0.6) is 0 Å². The smallest absolute Gasteiger partial charge is 0.132 e. The van der Waals surface area contributed by atoms with E-state index in [-0.39, 0.29) is 0 Å². The molecular weight excluding hydrogens is 200 g/mol. The molecule has 3 heteroatoms. The molecule has 0 unspecified atom stereocenters. The van der Waals surface area contributed by atoms with Crippen LogP contribution in [0, 0.1) is 0 Å². The molecule has 1 heterocycles. The lowest BCUT2D eigenvalue weighted by molar-refractivity contribution is -0.000221. The van der Waals surface area contributed by atoms with Crippen LogP contribution in [0.4, 0.5) is 5.82 Å². The van der Waals surface area contributed by atoms with Crippen molar-refractivity contribution in [3.8, 4) is 0 Å². The first-order chi connectivity index (χ1) is 7.76. The summed E-state index contributed by atoms with van der Waals surface area (Å²) in [6, 6.07) is 3.90. The first-order valence-corrected chi connectivity index (χ1v) is 6.18. The Hall–Kier alpha value is -1.09. The largest absolute Gasteiger partial charge is 0.385 e. The van der Waals surface area contributed by atoms with Crippen molar-refractivity contribution in [2.45, 2.75) is 44.6 Å². The number of aromatic nitrogens is 1. The zero-order valence-corrected chi connectivity index (χ0v) is 9.87. The Morgan fingerprint density at radius 3 is 2.81 bits per heavy atom. The molecule has 2 rings (SSSR count). The molecule has 1 aliphatic rings. The molecule has 2 N–H and O–H groups in total. The van der Waals surface area contributed by atoms with Crippen LogP contribution >= 0.6 is 0 Å². The van der Waals surface area contributed by atoms with Gasteiger partial charge in [0.15, 0.2) is 0 Å². The Balaban J connectivity index is 2.30. The van der Waals surface area contributed by atoms with Crippen molar-refractivity contribution in [3.05, 3.63) is 23.9 Å². The van der Waals surface area contributed by atoms with Crippen LogP contribution in [0.2, 0.25) is 0 Å². The third-order valence-electron chi connectivity index (χ3n) is 3.33. The predicted octanol–water partition coefficient (Wildman–Crippen LogP) is 2.67. The number of anilines is 1. The molecule has 0 aliphatic heterocycles. The summed E-state index contributed by atoms with van der Waals surface area (Å²) in [7, 11) is 0. The van der Waals surface area contributed by atoms with E-state index < -0.39 is 5.60 Å². The molecule has 1 aliphatic carbocycles. The Bertz CT molecular complexity index is 346. The molecule has 0 atom stereocenters. The summed E-state index contributed by atoms with van der Waals surface area (Å²) in [6.45, 7) is 2.88. The molecule has 16 heavy (non-hydrogen) atoms. The van der Waals surface area contributed by atoms with Crippen molar-refractivity contribution in [3.63, 3.8) is 0 Å². The van der Waals surface area contributed by atoms with Crippen molar-refractivity contribution in [2.24, 2.45) is 0 Å². The third-order valence-corrected chi connectivity index (χ3v) is 3.33. The quantitative estimate of drug-likeness (QED) is 0.823. The molecule has 0 bridgehead atoms. The van der Waals surface area contributed by atoms with Gasteiger partial charge in [-0.15, -0.1) is 0 Å². The van der Waals surface area contributed by atoms with Gasteiger partial charge in [-0.1, -0.05) is 25.3 Å². The van der Waals surface area contributed by atoms with Crippen LogP contribution in [0.3, 0.4) is 0 Å². The second-order valence-electron chi connectivity index (χ2n) is 4.52. The normalized spacial score (nSPS) is 19.4. The highest BCUT2D eigenvalue weighted by molar-refractivity contribution is 5.47. The van der Waals surface area contributed by atoms with E-state index in [1.54, 1.807) is 6.20 Å². The zero-order valence-electron chi connectivity index (χ0n) is 9.87. The van der Waals surface area contributed by atoms with Crippen molar-refractivity contribution < 1.29 is 5.11 Å². The van der Waals surface area contributed by atoms with E-state index in [2.05, 4.69) is 10.3 Å². The van der Waals surface area contributed by atoms with Crippen molar-refractivity contribution in [1.29, 1.82) is 0 Å². The molecule has 0 radical (unpaired) electrons. The maximum absolute atomic E-state index is 10.7.